The molecule has 2 fully saturated rings. The van der Waals surface area contributed by atoms with E-state index in [9.17, 15) is 4.79 Å². The van der Waals surface area contributed by atoms with E-state index in [1.54, 1.807) is 7.11 Å². The number of amides is 1. The van der Waals surface area contributed by atoms with Crippen LogP contribution in [0.4, 0.5) is 0 Å². The molecular formula is C17H21N3O3S. The Balaban J connectivity index is 1.46. The smallest absolute Gasteiger partial charge is 0.236 e. The topological polar surface area (TPSA) is 67.5 Å². The van der Waals surface area contributed by atoms with E-state index in [1.807, 2.05) is 23.1 Å². The fourth-order valence-electron chi connectivity index (χ4n) is 3.43. The zero-order chi connectivity index (χ0) is 16.5. The number of benzene rings is 1. The lowest BCUT2D eigenvalue weighted by molar-refractivity contribution is -0.130. The van der Waals surface area contributed by atoms with Crippen molar-refractivity contribution in [1.82, 2.24) is 14.9 Å². The highest BCUT2D eigenvalue weighted by Gasteiger charge is 2.37. The van der Waals surface area contributed by atoms with Crippen molar-refractivity contribution in [2.24, 2.45) is 0 Å². The van der Waals surface area contributed by atoms with Gasteiger partial charge in [-0.15, -0.1) is 0 Å². The summed E-state index contributed by atoms with van der Waals surface area (Å²) in [5.41, 5.74) is 1.83. The molecule has 3 heterocycles. The second-order valence-corrected chi connectivity index (χ2v) is 7.39. The van der Waals surface area contributed by atoms with Crippen molar-refractivity contribution >= 4 is 28.7 Å². The van der Waals surface area contributed by atoms with E-state index in [0.717, 1.165) is 61.0 Å². The molecule has 0 bridgehead atoms. The summed E-state index contributed by atoms with van der Waals surface area (Å²) < 4.78 is 10.6. The number of nitrogens with one attached hydrogen (secondary N) is 1. The van der Waals surface area contributed by atoms with Gasteiger partial charge in [0.05, 0.1) is 23.4 Å². The number of H-pyrrole nitrogens is 1. The summed E-state index contributed by atoms with van der Waals surface area (Å²) in [5.74, 6) is 1.04. The van der Waals surface area contributed by atoms with Crippen LogP contribution in [-0.2, 0) is 9.53 Å². The van der Waals surface area contributed by atoms with Gasteiger partial charge >= 0.3 is 0 Å². The Morgan fingerprint density at radius 3 is 2.96 bits per heavy atom. The highest BCUT2D eigenvalue weighted by molar-refractivity contribution is 8.00. The Kier molecular flexibility index (Phi) is 4.37. The minimum Gasteiger partial charge on any atom is -0.497 e. The summed E-state index contributed by atoms with van der Waals surface area (Å²) >= 11 is 1.54. The normalized spacial score (nSPS) is 22.5. The number of rotatable bonds is 4. The quantitative estimate of drug-likeness (QED) is 0.920. The average Bonchev–Trinajstić information content (AvgIpc) is 3.18. The minimum atomic E-state index is -0.0460. The number of hydrogen-bond donors (Lipinski definition) is 1. The standard InChI is InChI=1S/C17H21N3O3S/c1-22-12-2-3-13-14(10-12)19-17(18-13)24-15-4-7-20(16(15)21)11-5-8-23-9-6-11/h2-3,10-11,15H,4-9H2,1H3,(H,18,19)/t15-/m1/s1. The maximum atomic E-state index is 12.7. The summed E-state index contributed by atoms with van der Waals surface area (Å²) in [6.07, 6.45) is 2.78. The molecule has 4 rings (SSSR count). The number of hydrogen-bond acceptors (Lipinski definition) is 5. The predicted octanol–water partition coefficient (Wildman–Crippen LogP) is 2.44. The van der Waals surface area contributed by atoms with Crippen molar-refractivity contribution in [3.8, 4) is 5.75 Å². The number of fused-ring (bicyclic) bond motifs is 1. The van der Waals surface area contributed by atoms with Crippen molar-refractivity contribution in [2.45, 2.75) is 35.7 Å². The molecule has 1 aromatic carbocycles. The number of thioether (sulfide) groups is 1. The number of aromatic amines is 1. The van der Waals surface area contributed by atoms with Gasteiger partial charge in [0.2, 0.25) is 5.91 Å². The Bertz CT molecular complexity index is 742. The molecule has 2 aromatic rings. The largest absolute Gasteiger partial charge is 0.497 e. The number of carbonyl (C=O) groups excluding carboxylic acids is 1. The molecule has 2 aliphatic heterocycles. The molecule has 0 radical (unpaired) electrons. The number of likely N-dealkylation sites (tertiary alicyclic amines) is 1. The third-order valence-corrected chi connectivity index (χ3v) is 5.88. The first-order valence-corrected chi connectivity index (χ1v) is 9.21. The number of carbonyl (C=O) groups is 1. The maximum Gasteiger partial charge on any atom is 0.236 e. The summed E-state index contributed by atoms with van der Waals surface area (Å²) in [5, 5.41) is 0.751. The van der Waals surface area contributed by atoms with E-state index in [4.69, 9.17) is 9.47 Å². The molecule has 0 saturated carbocycles. The molecule has 6 nitrogen and oxygen atoms in total. The molecule has 0 spiro atoms. The Hall–Kier alpha value is -1.73. The molecule has 7 heteroatoms. The van der Waals surface area contributed by atoms with Crippen LogP contribution >= 0.6 is 11.8 Å². The Morgan fingerprint density at radius 2 is 2.17 bits per heavy atom. The van der Waals surface area contributed by atoms with Crippen LogP contribution in [0.25, 0.3) is 11.0 Å². The van der Waals surface area contributed by atoms with Crippen LogP contribution in [0.15, 0.2) is 23.4 Å². The summed E-state index contributed by atoms with van der Waals surface area (Å²) in [4.78, 5) is 22.7. The lowest BCUT2D eigenvalue weighted by Gasteiger charge is -2.31. The molecular weight excluding hydrogens is 326 g/mol. The molecule has 1 atom stereocenters. The van der Waals surface area contributed by atoms with Crippen molar-refractivity contribution in [2.75, 3.05) is 26.9 Å². The van der Waals surface area contributed by atoms with Gasteiger partial charge in [-0.3, -0.25) is 4.79 Å². The number of methoxy groups -OCH3 is 1. The fourth-order valence-corrected chi connectivity index (χ4v) is 4.48. The van der Waals surface area contributed by atoms with Gasteiger partial charge in [-0.25, -0.2) is 4.98 Å². The van der Waals surface area contributed by atoms with Crippen LogP contribution in [0.3, 0.4) is 0 Å². The molecule has 2 saturated heterocycles. The van der Waals surface area contributed by atoms with Crippen LogP contribution in [0.5, 0.6) is 5.75 Å². The van der Waals surface area contributed by atoms with Gasteiger partial charge in [0.25, 0.3) is 0 Å². The number of aromatic nitrogens is 2. The van der Waals surface area contributed by atoms with Crippen LogP contribution in [0.1, 0.15) is 19.3 Å². The van der Waals surface area contributed by atoms with Gasteiger partial charge in [0, 0.05) is 31.9 Å². The van der Waals surface area contributed by atoms with Crippen LogP contribution < -0.4 is 4.74 Å². The van der Waals surface area contributed by atoms with E-state index in [1.165, 1.54) is 11.8 Å². The van der Waals surface area contributed by atoms with Crippen LogP contribution in [0, 0.1) is 0 Å². The minimum absolute atomic E-state index is 0.0460. The number of ether oxygens (including phenoxy) is 2. The molecule has 1 N–H and O–H groups in total. The van der Waals surface area contributed by atoms with E-state index in [-0.39, 0.29) is 11.2 Å². The molecule has 24 heavy (non-hydrogen) atoms. The van der Waals surface area contributed by atoms with Gasteiger partial charge in [0.1, 0.15) is 5.75 Å². The van der Waals surface area contributed by atoms with Gasteiger partial charge in [0.15, 0.2) is 5.16 Å². The molecule has 0 unspecified atom stereocenters. The van der Waals surface area contributed by atoms with E-state index in [2.05, 4.69) is 9.97 Å². The summed E-state index contributed by atoms with van der Waals surface area (Å²) in [6.45, 7) is 2.37. The molecule has 2 aliphatic rings. The third-order valence-electron chi connectivity index (χ3n) is 4.74. The van der Waals surface area contributed by atoms with Crippen molar-refractivity contribution < 1.29 is 14.3 Å². The zero-order valence-electron chi connectivity index (χ0n) is 13.7. The average molecular weight is 347 g/mol. The maximum absolute atomic E-state index is 12.7. The highest BCUT2D eigenvalue weighted by Crippen LogP contribution is 2.33. The number of imidazole rings is 1. The van der Waals surface area contributed by atoms with E-state index in [0.29, 0.717) is 6.04 Å². The first kappa shape index (κ1) is 15.8. The van der Waals surface area contributed by atoms with Crippen LogP contribution in [-0.4, -0.2) is 58.9 Å². The van der Waals surface area contributed by atoms with Crippen LogP contribution in [0.2, 0.25) is 0 Å². The van der Waals surface area contributed by atoms with Gasteiger partial charge < -0.3 is 19.4 Å². The Morgan fingerprint density at radius 1 is 1.33 bits per heavy atom. The first-order valence-electron chi connectivity index (χ1n) is 8.33. The second kappa shape index (κ2) is 6.64. The van der Waals surface area contributed by atoms with Gasteiger partial charge in [-0.1, -0.05) is 11.8 Å². The molecule has 1 amide bonds. The highest BCUT2D eigenvalue weighted by atomic mass is 32.2. The van der Waals surface area contributed by atoms with Gasteiger partial charge in [-0.2, -0.15) is 0 Å². The van der Waals surface area contributed by atoms with Gasteiger partial charge in [-0.05, 0) is 31.4 Å². The van der Waals surface area contributed by atoms with Crippen molar-refractivity contribution in [3.05, 3.63) is 18.2 Å². The summed E-state index contributed by atoms with van der Waals surface area (Å²) in [6, 6.07) is 6.10. The van der Waals surface area contributed by atoms with E-state index >= 15 is 0 Å². The van der Waals surface area contributed by atoms with E-state index < -0.39 is 0 Å². The Labute approximate surface area is 144 Å². The monoisotopic (exact) mass is 347 g/mol. The molecule has 1 aromatic heterocycles. The summed E-state index contributed by atoms with van der Waals surface area (Å²) in [7, 11) is 1.65. The van der Waals surface area contributed by atoms with Crippen molar-refractivity contribution in [3.63, 3.8) is 0 Å². The fraction of sp³-hybridized carbons (Fsp3) is 0.529. The SMILES string of the molecule is COc1ccc2nc(S[C@@H]3CCN(C4CCOCC4)C3=O)[nH]c2c1. The third kappa shape index (κ3) is 2.98. The number of nitrogens with zero attached hydrogens (tertiary/aromatic N) is 2. The lowest BCUT2D eigenvalue weighted by Crippen LogP contribution is -2.41. The molecule has 0 aliphatic carbocycles. The lowest BCUT2D eigenvalue weighted by atomic mass is 10.1. The predicted molar refractivity (Wildman–Crippen MR) is 92.5 cm³/mol. The first-order chi connectivity index (χ1) is 11.7. The second-order valence-electron chi connectivity index (χ2n) is 6.20. The zero-order valence-corrected chi connectivity index (χ0v) is 14.5. The molecule has 128 valence electrons. The van der Waals surface area contributed by atoms with Crippen molar-refractivity contribution in [1.29, 1.82) is 0 Å².